The topological polar surface area (TPSA) is 64.1 Å². The van der Waals surface area contributed by atoms with Crippen LogP contribution in [0.25, 0.3) is 0 Å². The van der Waals surface area contributed by atoms with E-state index in [9.17, 15) is 4.79 Å². The highest BCUT2D eigenvalue weighted by Gasteiger charge is 2.10. The molecule has 0 aliphatic heterocycles. The van der Waals surface area contributed by atoms with E-state index < -0.39 is 5.97 Å². The second kappa shape index (κ2) is 6.84. The molecule has 0 unspecified atom stereocenters. The number of esters is 1. The lowest BCUT2D eigenvalue weighted by atomic mass is 10.3. The number of carbonyl (C=O) groups excluding carboxylic acids is 1. The molecule has 0 atom stereocenters. The Hall–Kier alpha value is -1.95. The first-order chi connectivity index (χ1) is 9.29. The summed E-state index contributed by atoms with van der Waals surface area (Å²) in [6.07, 6.45) is 2.48. The van der Waals surface area contributed by atoms with E-state index in [1.807, 2.05) is 6.07 Å². The molecule has 2 heterocycles. The molecule has 0 saturated heterocycles. The van der Waals surface area contributed by atoms with Gasteiger partial charge in [-0.3, -0.25) is 0 Å². The summed E-state index contributed by atoms with van der Waals surface area (Å²) < 4.78 is 4.86. The van der Waals surface area contributed by atoms with E-state index in [2.05, 4.69) is 26.7 Å². The van der Waals surface area contributed by atoms with Crippen LogP contribution in [0, 0.1) is 0 Å². The number of aromatic nitrogens is 2. The van der Waals surface area contributed by atoms with Gasteiger partial charge in [0.15, 0.2) is 0 Å². The van der Waals surface area contributed by atoms with E-state index in [0.29, 0.717) is 12.4 Å². The lowest BCUT2D eigenvalue weighted by Gasteiger charge is -2.05. The van der Waals surface area contributed by atoms with Gasteiger partial charge in [0.05, 0.1) is 6.61 Å². The second-order valence-electron chi connectivity index (χ2n) is 3.74. The zero-order valence-electron chi connectivity index (χ0n) is 10.6. The van der Waals surface area contributed by atoms with E-state index in [0.717, 1.165) is 13.0 Å². The number of rotatable bonds is 6. The number of nitrogens with one attached hydrogen (secondary N) is 1. The summed E-state index contributed by atoms with van der Waals surface area (Å²) in [7, 11) is 0. The highest BCUT2D eigenvalue weighted by molar-refractivity contribution is 7.09. The van der Waals surface area contributed by atoms with Crippen molar-refractivity contribution < 1.29 is 9.53 Å². The van der Waals surface area contributed by atoms with Crippen LogP contribution in [0.5, 0.6) is 0 Å². The fourth-order valence-electron chi connectivity index (χ4n) is 1.52. The molecule has 100 valence electrons. The second-order valence-corrected chi connectivity index (χ2v) is 4.77. The Morgan fingerprint density at radius 2 is 2.37 bits per heavy atom. The number of ether oxygens (including phenoxy) is 1. The van der Waals surface area contributed by atoms with Crippen LogP contribution in [-0.2, 0) is 11.2 Å². The van der Waals surface area contributed by atoms with Gasteiger partial charge in [-0.15, -0.1) is 11.3 Å². The van der Waals surface area contributed by atoms with Crippen LogP contribution in [0.15, 0.2) is 29.8 Å². The molecular formula is C13H15N3O2S. The predicted molar refractivity (Wildman–Crippen MR) is 74.5 cm³/mol. The molecule has 0 saturated carbocycles. The van der Waals surface area contributed by atoms with E-state index in [4.69, 9.17) is 4.74 Å². The molecule has 0 aromatic carbocycles. The molecule has 5 nitrogen and oxygen atoms in total. The fourth-order valence-corrected chi connectivity index (χ4v) is 2.23. The molecule has 0 aliphatic rings. The Bertz CT molecular complexity index is 528. The minimum absolute atomic E-state index is 0.0861. The monoisotopic (exact) mass is 277 g/mol. The van der Waals surface area contributed by atoms with Crippen molar-refractivity contribution in [2.45, 2.75) is 13.3 Å². The predicted octanol–water partition coefficient (Wildman–Crippen LogP) is 2.37. The molecule has 0 radical (unpaired) electrons. The molecular weight excluding hydrogens is 262 g/mol. The normalized spacial score (nSPS) is 10.2. The third kappa shape index (κ3) is 4.03. The molecule has 2 aromatic rings. The summed E-state index contributed by atoms with van der Waals surface area (Å²) in [5.41, 5.74) is 0. The van der Waals surface area contributed by atoms with Crippen LogP contribution < -0.4 is 5.32 Å². The van der Waals surface area contributed by atoms with Crippen molar-refractivity contribution in [2.24, 2.45) is 0 Å². The maximum Gasteiger partial charge on any atom is 0.376 e. The van der Waals surface area contributed by atoms with E-state index in [1.54, 1.807) is 30.5 Å². The Labute approximate surface area is 115 Å². The molecule has 2 aromatic heterocycles. The number of hydrogen-bond donors (Lipinski definition) is 1. The lowest BCUT2D eigenvalue weighted by Crippen LogP contribution is -2.12. The summed E-state index contributed by atoms with van der Waals surface area (Å²) >= 11 is 1.73. The van der Waals surface area contributed by atoms with Gasteiger partial charge in [0.1, 0.15) is 5.82 Å². The molecule has 0 spiro atoms. The Kier molecular flexibility index (Phi) is 4.85. The van der Waals surface area contributed by atoms with Crippen molar-refractivity contribution in [2.75, 3.05) is 18.5 Å². The van der Waals surface area contributed by atoms with Crippen molar-refractivity contribution in [1.82, 2.24) is 9.97 Å². The standard InChI is InChI=1S/C13H15N3O2S/c1-2-18-13(17)12-15-8-6-11(16-12)14-7-5-10-4-3-9-19-10/h3-4,6,8-9H,2,5,7H2,1H3,(H,14,15,16). The minimum Gasteiger partial charge on any atom is -0.460 e. The van der Waals surface area contributed by atoms with E-state index in [1.165, 1.54) is 4.88 Å². The lowest BCUT2D eigenvalue weighted by molar-refractivity contribution is 0.0512. The summed E-state index contributed by atoms with van der Waals surface area (Å²) in [5.74, 6) is 0.224. The quantitative estimate of drug-likeness (QED) is 0.821. The molecule has 19 heavy (non-hydrogen) atoms. The van der Waals surface area contributed by atoms with Gasteiger partial charge in [0.2, 0.25) is 5.82 Å². The molecule has 0 bridgehead atoms. The number of carbonyl (C=O) groups is 1. The van der Waals surface area contributed by atoms with Gasteiger partial charge >= 0.3 is 5.97 Å². The molecule has 2 rings (SSSR count). The molecule has 1 N–H and O–H groups in total. The zero-order chi connectivity index (χ0) is 13.5. The van der Waals surface area contributed by atoms with Gasteiger partial charge in [0, 0.05) is 17.6 Å². The zero-order valence-corrected chi connectivity index (χ0v) is 11.4. The maximum atomic E-state index is 11.5. The smallest absolute Gasteiger partial charge is 0.376 e. The highest BCUT2D eigenvalue weighted by Crippen LogP contribution is 2.09. The van der Waals surface area contributed by atoms with Crippen LogP contribution in [0.2, 0.25) is 0 Å². The van der Waals surface area contributed by atoms with E-state index in [-0.39, 0.29) is 5.82 Å². The van der Waals surface area contributed by atoms with Gasteiger partial charge in [-0.1, -0.05) is 6.07 Å². The maximum absolute atomic E-state index is 11.5. The number of anilines is 1. The fraction of sp³-hybridized carbons (Fsp3) is 0.308. The highest BCUT2D eigenvalue weighted by atomic mass is 32.1. The third-order valence-electron chi connectivity index (χ3n) is 2.37. The van der Waals surface area contributed by atoms with Crippen LogP contribution in [-0.4, -0.2) is 29.1 Å². The third-order valence-corrected chi connectivity index (χ3v) is 3.31. The number of nitrogens with zero attached hydrogens (tertiary/aromatic N) is 2. The average molecular weight is 277 g/mol. The van der Waals surface area contributed by atoms with Crippen molar-refractivity contribution in [3.63, 3.8) is 0 Å². The Balaban J connectivity index is 1.90. The van der Waals surface area contributed by atoms with Gasteiger partial charge in [-0.25, -0.2) is 14.8 Å². The Morgan fingerprint density at radius 3 is 3.11 bits per heavy atom. The van der Waals surface area contributed by atoms with Crippen molar-refractivity contribution in [3.8, 4) is 0 Å². The summed E-state index contributed by atoms with van der Waals surface area (Å²) in [6.45, 7) is 2.83. The summed E-state index contributed by atoms with van der Waals surface area (Å²) in [5, 5.41) is 5.22. The van der Waals surface area contributed by atoms with Crippen molar-refractivity contribution in [3.05, 3.63) is 40.5 Å². The van der Waals surface area contributed by atoms with Crippen molar-refractivity contribution in [1.29, 1.82) is 0 Å². The minimum atomic E-state index is -0.496. The summed E-state index contributed by atoms with van der Waals surface area (Å²) in [6, 6.07) is 5.86. The average Bonchev–Trinajstić information content (AvgIpc) is 2.93. The molecule has 0 aliphatic carbocycles. The van der Waals surface area contributed by atoms with E-state index >= 15 is 0 Å². The first-order valence-corrected chi connectivity index (χ1v) is 6.94. The van der Waals surface area contributed by atoms with Gasteiger partial charge in [-0.05, 0) is 30.9 Å². The van der Waals surface area contributed by atoms with Crippen LogP contribution >= 0.6 is 11.3 Å². The molecule has 0 fully saturated rings. The van der Waals surface area contributed by atoms with Gasteiger partial charge < -0.3 is 10.1 Å². The van der Waals surface area contributed by atoms with Gasteiger partial charge in [0.25, 0.3) is 0 Å². The molecule has 0 amide bonds. The van der Waals surface area contributed by atoms with Crippen LogP contribution in [0.1, 0.15) is 22.4 Å². The van der Waals surface area contributed by atoms with Gasteiger partial charge in [-0.2, -0.15) is 0 Å². The number of thiophene rings is 1. The SMILES string of the molecule is CCOC(=O)c1nccc(NCCc2cccs2)n1. The largest absolute Gasteiger partial charge is 0.460 e. The van der Waals surface area contributed by atoms with Crippen molar-refractivity contribution >= 4 is 23.1 Å². The van der Waals surface area contributed by atoms with Crippen LogP contribution in [0.4, 0.5) is 5.82 Å². The first-order valence-electron chi connectivity index (χ1n) is 6.06. The summed E-state index contributed by atoms with van der Waals surface area (Å²) in [4.78, 5) is 20.8. The molecule has 6 heteroatoms. The first kappa shape index (κ1) is 13.5. The number of hydrogen-bond acceptors (Lipinski definition) is 6. The van der Waals surface area contributed by atoms with Crippen LogP contribution in [0.3, 0.4) is 0 Å². The Morgan fingerprint density at radius 1 is 1.47 bits per heavy atom.